The summed E-state index contributed by atoms with van der Waals surface area (Å²) < 4.78 is 14.4. The van der Waals surface area contributed by atoms with Gasteiger partial charge in [-0.25, -0.2) is 4.39 Å². The molecule has 0 aliphatic carbocycles. The molecule has 0 amide bonds. The average molecular weight is 308 g/mol. The third-order valence-electron chi connectivity index (χ3n) is 3.01. The molecule has 1 unspecified atom stereocenters. The second kappa shape index (κ2) is 5.63. The number of hydrogen-bond donors (Lipinski definition) is 1. The van der Waals surface area contributed by atoms with E-state index in [2.05, 4.69) is 40.3 Å². The highest BCUT2D eigenvalue weighted by molar-refractivity contribution is 9.10. The van der Waals surface area contributed by atoms with E-state index in [0.29, 0.717) is 0 Å². The Hall–Kier alpha value is -1.19. The molecule has 0 heterocycles. The molecule has 3 heteroatoms. The van der Waals surface area contributed by atoms with Gasteiger partial charge in [-0.1, -0.05) is 34.1 Å². The minimum Gasteiger partial charge on any atom is -0.309 e. The van der Waals surface area contributed by atoms with Crippen molar-refractivity contribution in [2.75, 3.05) is 7.05 Å². The Morgan fingerprint density at radius 3 is 2.56 bits per heavy atom. The zero-order valence-electron chi connectivity index (χ0n) is 10.4. The van der Waals surface area contributed by atoms with Crippen molar-refractivity contribution >= 4 is 15.9 Å². The predicted octanol–water partition coefficient (Wildman–Crippen LogP) is 4.21. The topological polar surface area (TPSA) is 12.0 Å². The minimum atomic E-state index is -0.206. The molecule has 0 aliphatic heterocycles. The fraction of sp³-hybridized carbons (Fsp3) is 0.200. The van der Waals surface area contributed by atoms with Gasteiger partial charge in [-0.05, 0) is 54.9 Å². The molecule has 0 aromatic heterocycles. The molecule has 0 saturated carbocycles. The van der Waals surface area contributed by atoms with Crippen molar-refractivity contribution < 1.29 is 4.39 Å². The van der Waals surface area contributed by atoms with Gasteiger partial charge in [0.25, 0.3) is 0 Å². The van der Waals surface area contributed by atoms with Crippen molar-refractivity contribution in [1.82, 2.24) is 5.32 Å². The van der Waals surface area contributed by atoms with Crippen molar-refractivity contribution in [2.45, 2.75) is 13.0 Å². The molecule has 1 N–H and O–H groups in total. The van der Waals surface area contributed by atoms with Crippen LogP contribution in [-0.4, -0.2) is 7.05 Å². The zero-order valence-corrected chi connectivity index (χ0v) is 12.0. The lowest BCUT2D eigenvalue weighted by atomic mass is 9.95. The van der Waals surface area contributed by atoms with Crippen LogP contribution in [-0.2, 0) is 0 Å². The second-order valence-electron chi connectivity index (χ2n) is 4.28. The van der Waals surface area contributed by atoms with Gasteiger partial charge in [0, 0.05) is 4.47 Å². The Morgan fingerprint density at radius 1 is 1.17 bits per heavy atom. The van der Waals surface area contributed by atoms with E-state index in [1.165, 1.54) is 11.6 Å². The molecule has 0 saturated heterocycles. The first-order valence-corrected chi connectivity index (χ1v) is 6.60. The van der Waals surface area contributed by atoms with Crippen molar-refractivity contribution in [3.63, 3.8) is 0 Å². The number of nitrogens with one attached hydrogen (secondary N) is 1. The molecule has 1 atom stereocenters. The molecular formula is C15H15BrFN. The summed E-state index contributed by atoms with van der Waals surface area (Å²) >= 11 is 3.45. The normalized spacial score (nSPS) is 12.4. The molecule has 2 rings (SSSR count). The van der Waals surface area contributed by atoms with Crippen molar-refractivity contribution in [1.29, 1.82) is 0 Å². The summed E-state index contributed by atoms with van der Waals surface area (Å²) in [5, 5.41) is 3.24. The van der Waals surface area contributed by atoms with E-state index in [1.54, 1.807) is 12.1 Å². The summed E-state index contributed by atoms with van der Waals surface area (Å²) in [6.45, 7) is 2.06. The van der Waals surface area contributed by atoms with Crippen LogP contribution < -0.4 is 5.32 Å². The Kier molecular flexibility index (Phi) is 4.15. The first kappa shape index (κ1) is 13.2. The van der Waals surface area contributed by atoms with Crippen LogP contribution >= 0.6 is 15.9 Å². The molecule has 0 spiro atoms. The van der Waals surface area contributed by atoms with Gasteiger partial charge in [-0.15, -0.1) is 0 Å². The first-order valence-electron chi connectivity index (χ1n) is 5.80. The van der Waals surface area contributed by atoms with Gasteiger partial charge in [0.1, 0.15) is 5.82 Å². The van der Waals surface area contributed by atoms with Crippen molar-refractivity contribution in [3.05, 3.63) is 69.4 Å². The van der Waals surface area contributed by atoms with Crippen molar-refractivity contribution in [3.8, 4) is 0 Å². The Labute approximate surface area is 115 Å². The van der Waals surface area contributed by atoms with E-state index in [9.17, 15) is 4.39 Å². The van der Waals surface area contributed by atoms with Gasteiger partial charge in [0.2, 0.25) is 0 Å². The molecule has 0 radical (unpaired) electrons. The zero-order chi connectivity index (χ0) is 13.1. The highest BCUT2D eigenvalue weighted by Gasteiger charge is 2.14. The van der Waals surface area contributed by atoms with E-state index in [4.69, 9.17) is 0 Å². The van der Waals surface area contributed by atoms with E-state index < -0.39 is 0 Å². The van der Waals surface area contributed by atoms with Crippen LogP contribution in [0.25, 0.3) is 0 Å². The third-order valence-corrected chi connectivity index (χ3v) is 3.51. The SMILES string of the molecule is CNC(c1cccc(F)c1)c1ccc(Br)cc1C. The van der Waals surface area contributed by atoms with Crippen LogP contribution in [0.15, 0.2) is 46.9 Å². The van der Waals surface area contributed by atoms with Crippen LogP contribution in [0.4, 0.5) is 4.39 Å². The largest absolute Gasteiger partial charge is 0.309 e. The maximum Gasteiger partial charge on any atom is 0.123 e. The van der Waals surface area contributed by atoms with Gasteiger partial charge in [-0.2, -0.15) is 0 Å². The number of rotatable bonds is 3. The highest BCUT2D eigenvalue weighted by Crippen LogP contribution is 2.27. The minimum absolute atomic E-state index is 0.00815. The number of benzene rings is 2. The van der Waals surface area contributed by atoms with E-state index >= 15 is 0 Å². The quantitative estimate of drug-likeness (QED) is 0.896. The Balaban J connectivity index is 2.45. The molecule has 0 fully saturated rings. The fourth-order valence-electron chi connectivity index (χ4n) is 2.15. The molecule has 2 aromatic carbocycles. The Bertz CT molecular complexity index is 554. The molecule has 18 heavy (non-hydrogen) atoms. The van der Waals surface area contributed by atoms with E-state index in [-0.39, 0.29) is 11.9 Å². The van der Waals surface area contributed by atoms with Gasteiger partial charge in [-0.3, -0.25) is 0 Å². The molecule has 0 bridgehead atoms. The standard InChI is InChI=1S/C15H15BrFN/c1-10-8-12(16)6-7-14(10)15(18-2)11-4-3-5-13(17)9-11/h3-9,15,18H,1-2H3. The van der Waals surface area contributed by atoms with Crippen LogP contribution in [0.5, 0.6) is 0 Å². The smallest absolute Gasteiger partial charge is 0.123 e. The molecule has 94 valence electrons. The van der Waals surface area contributed by atoms with Crippen LogP contribution in [0.3, 0.4) is 0 Å². The molecular weight excluding hydrogens is 293 g/mol. The summed E-state index contributed by atoms with van der Waals surface area (Å²) in [6.07, 6.45) is 0. The van der Waals surface area contributed by atoms with Gasteiger partial charge < -0.3 is 5.32 Å². The monoisotopic (exact) mass is 307 g/mol. The van der Waals surface area contributed by atoms with Crippen LogP contribution in [0.1, 0.15) is 22.7 Å². The highest BCUT2D eigenvalue weighted by atomic mass is 79.9. The molecule has 1 nitrogen and oxygen atoms in total. The molecule has 2 aromatic rings. The van der Waals surface area contributed by atoms with Gasteiger partial charge >= 0.3 is 0 Å². The fourth-order valence-corrected chi connectivity index (χ4v) is 2.63. The lowest BCUT2D eigenvalue weighted by Crippen LogP contribution is -2.18. The number of hydrogen-bond acceptors (Lipinski definition) is 1. The molecule has 0 aliphatic rings. The van der Waals surface area contributed by atoms with E-state index in [0.717, 1.165) is 15.6 Å². The van der Waals surface area contributed by atoms with Crippen LogP contribution in [0.2, 0.25) is 0 Å². The summed E-state index contributed by atoms with van der Waals surface area (Å²) in [7, 11) is 1.89. The second-order valence-corrected chi connectivity index (χ2v) is 5.19. The first-order chi connectivity index (χ1) is 8.61. The summed E-state index contributed by atoms with van der Waals surface area (Å²) in [4.78, 5) is 0. The van der Waals surface area contributed by atoms with Gasteiger partial charge in [0.15, 0.2) is 0 Å². The maximum absolute atomic E-state index is 13.3. The van der Waals surface area contributed by atoms with Gasteiger partial charge in [0.05, 0.1) is 6.04 Å². The van der Waals surface area contributed by atoms with Crippen LogP contribution in [0, 0.1) is 12.7 Å². The lowest BCUT2D eigenvalue weighted by Gasteiger charge is -2.19. The predicted molar refractivity (Wildman–Crippen MR) is 76.2 cm³/mol. The summed E-state index contributed by atoms with van der Waals surface area (Å²) in [5.74, 6) is -0.206. The third kappa shape index (κ3) is 2.79. The lowest BCUT2D eigenvalue weighted by molar-refractivity contribution is 0.616. The average Bonchev–Trinajstić information content (AvgIpc) is 2.33. The maximum atomic E-state index is 13.3. The Morgan fingerprint density at radius 2 is 1.94 bits per heavy atom. The van der Waals surface area contributed by atoms with E-state index in [1.807, 2.05) is 19.2 Å². The van der Waals surface area contributed by atoms with Crippen molar-refractivity contribution in [2.24, 2.45) is 0 Å². The number of aryl methyl sites for hydroxylation is 1. The summed E-state index contributed by atoms with van der Waals surface area (Å²) in [5.41, 5.74) is 3.27. The number of halogens is 2. The summed E-state index contributed by atoms with van der Waals surface area (Å²) in [6, 6.07) is 12.9.